The summed E-state index contributed by atoms with van der Waals surface area (Å²) in [4.78, 5) is 8.82. The van der Waals surface area contributed by atoms with E-state index in [4.69, 9.17) is 4.74 Å². The van der Waals surface area contributed by atoms with Crippen molar-refractivity contribution in [1.29, 1.82) is 0 Å². The molecule has 0 unspecified atom stereocenters. The number of nitrogens with zero attached hydrogens (tertiary/aromatic N) is 2. The lowest BCUT2D eigenvalue weighted by Crippen LogP contribution is -2.10. The molecule has 4 nitrogen and oxygen atoms in total. The molecular weight excluding hydrogens is 329 g/mol. The SMILES string of the molecule is CCCc1ccnc(N[C@@H](C)c2ccc(Oc3ccc(F)cc3)cc2)n1. The first-order chi connectivity index (χ1) is 12.6. The summed E-state index contributed by atoms with van der Waals surface area (Å²) in [5, 5.41) is 3.33. The Morgan fingerprint density at radius 2 is 1.65 bits per heavy atom. The average Bonchev–Trinajstić information content (AvgIpc) is 2.65. The molecule has 134 valence electrons. The number of halogens is 1. The molecule has 0 radical (unpaired) electrons. The standard InChI is InChI=1S/C21H22FN3O/c1-3-4-18-13-14-23-21(25-18)24-15(2)16-5-9-19(10-6-16)26-20-11-7-17(22)8-12-20/h5-15H,3-4H2,1-2H3,(H,23,24,25)/t15-/m0/s1. The van der Waals surface area contributed by atoms with Crippen molar-refractivity contribution in [3.63, 3.8) is 0 Å². The molecule has 0 aliphatic carbocycles. The highest BCUT2D eigenvalue weighted by atomic mass is 19.1. The monoisotopic (exact) mass is 351 g/mol. The fourth-order valence-electron chi connectivity index (χ4n) is 2.60. The Hall–Kier alpha value is -2.95. The Morgan fingerprint density at radius 1 is 1.00 bits per heavy atom. The van der Waals surface area contributed by atoms with Gasteiger partial charge in [0.1, 0.15) is 17.3 Å². The highest BCUT2D eigenvalue weighted by molar-refractivity contribution is 5.37. The van der Waals surface area contributed by atoms with E-state index in [0.717, 1.165) is 24.1 Å². The number of anilines is 1. The van der Waals surface area contributed by atoms with Crippen LogP contribution in [0, 0.1) is 5.82 Å². The molecule has 0 bridgehead atoms. The molecule has 5 heteroatoms. The van der Waals surface area contributed by atoms with Crippen LogP contribution in [-0.4, -0.2) is 9.97 Å². The summed E-state index contributed by atoms with van der Waals surface area (Å²) in [6.07, 6.45) is 3.79. The van der Waals surface area contributed by atoms with Crippen LogP contribution in [0.25, 0.3) is 0 Å². The molecule has 0 aliphatic heterocycles. The molecule has 1 heterocycles. The van der Waals surface area contributed by atoms with E-state index in [1.54, 1.807) is 18.3 Å². The summed E-state index contributed by atoms with van der Waals surface area (Å²) in [7, 11) is 0. The predicted molar refractivity (Wildman–Crippen MR) is 101 cm³/mol. The lowest BCUT2D eigenvalue weighted by molar-refractivity contribution is 0.480. The maximum atomic E-state index is 12.9. The van der Waals surface area contributed by atoms with Gasteiger partial charge in [0.15, 0.2) is 0 Å². The summed E-state index contributed by atoms with van der Waals surface area (Å²) in [6, 6.07) is 15.7. The topological polar surface area (TPSA) is 47.0 Å². The normalized spacial score (nSPS) is 11.8. The van der Waals surface area contributed by atoms with E-state index in [2.05, 4.69) is 29.1 Å². The van der Waals surface area contributed by atoms with Crippen LogP contribution in [0.2, 0.25) is 0 Å². The van der Waals surface area contributed by atoms with Gasteiger partial charge in [0.2, 0.25) is 5.95 Å². The Labute approximate surface area is 153 Å². The third kappa shape index (κ3) is 4.79. The largest absolute Gasteiger partial charge is 0.457 e. The van der Waals surface area contributed by atoms with Gasteiger partial charge in [-0.1, -0.05) is 25.5 Å². The number of nitrogens with one attached hydrogen (secondary N) is 1. The van der Waals surface area contributed by atoms with E-state index in [9.17, 15) is 4.39 Å². The van der Waals surface area contributed by atoms with Gasteiger partial charge in [-0.05, 0) is 61.4 Å². The number of hydrogen-bond donors (Lipinski definition) is 1. The van der Waals surface area contributed by atoms with E-state index in [-0.39, 0.29) is 11.9 Å². The third-order valence-electron chi connectivity index (χ3n) is 3.99. The highest BCUT2D eigenvalue weighted by Crippen LogP contribution is 2.24. The molecule has 26 heavy (non-hydrogen) atoms. The van der Waals surface area contributed by atoms with Gasteiger partial charge in [-0.2, -0.15) is 0 Å². The van der Waals surface area contributed by atoms with E-state index in [0.29, 0.717) is 17.4 Å². The summed E-state index contributed by atoms with van der Waals surface area (Å²) in [5.74, 6) is 1.66. The van der Waals surface area contributed by atoms with Crippen molar-refractivity contribution in [3.05, 3.63) is 77.9 Å². The molecule has 1 atom stereocenters. The van der Waals surface area contributed by atoms with Gasteiger partial charge in [0.25, 0.3) is 0 Å². The molecule has 3 aromatic rings. The Bertz CT molecular complexity index is 835. The molecule has 0 spiro atoms. The minimum Gasteiger partial charge on any atom is -0.457 e. The Kier molecular flexibility index (Phi) is 5.79. The molecular formula is C21H22FN3O. The van der Waals surface area contributed by atoms with Crippen molar-refractivity contribution >= 4 is 5.95 Å². The van der Waals surface area contributed by atoms with Crippen LogP contribution in [0.15, 0.2) is 60.8 Å². The Balaban J connectivity index is 1.64. The first-order valence-corrected chi connectivity index (χ1v) is 8.76. The molecule has 0 saturated heterocycles. The van der Waals surface area contributed by atoms with Crippen molar-refractivity contribution in [2.75, 3.05) is 5.32 Å². The second-order valence-electron chi connectivity index (χ2n) is 6.11. The third-order valence-corrected chi connectivity index (χ3v) is 3.99. The van der Waals surface area contributed by atoms with Crippen LogP contribution < -0.4 is 10.1 Å². The van der Waals surface area contributed by atoms with Gasteiger partial charge >= 0.3 is 0 Å². The van der Waals surface area contributed by atoms with Gasteiger partial charge in [-0.25, -0.2) is 14.4 Å². The predicted octanol–water partition coefficient (Wildman–Crippen LogP) is 5.53. The van der Waals surface area contributed by atoms with Gasteiger partial charge < -0.3 is 10.1 Å². The van der Waals surface area contributed by atoms with Crippen molar-refractivity contribution in [2.24, 2.45) is 0 Å². The van der Waals surface area contributed by atoms with Crippen LogP contribution in [-0.2, 0) is 6.42 Å². The maximum absolute atomic E-state index is 12.9. The van der Waals surface area contributed by atoms with Gasteiger partial charge in [0.05, 0.1) is 6.04 Å². The van der Waals surface area contributed by atoms with E-state index >= 15 is 0 Å². The van der Waals surface area contributed by atoms with E-state index < -0.39 is 0 Å². The van der Waals surface area contributed by atoms with Crippen molar-refractivity contribution in [3.8, 4) is 11.5 Å². The van der Waals surface area contributed by atoms with Crippen LogP contribution in [0.5, 0.6) is 11.5 Å². The molecule has 1 N–H and O–H groups in total. The van der Waals surface area contributed by atoms with Crippen molar-refractivity contribution in [2.45, 2.75) is 32.7 Å². The molecule has 1 aromatic heterocycles. The van der Waals surface area contributed by atoms with Gasteiger partial charge in [0, 0.05) is 11.9 Å². The molecule has 0 saturated carbocycles. The van der Waals surface area contributed by atoms with Crippen LogP contribution in [0.3, 0.4) is 0 Å². The minimum atomic E-state index is -0.280. The second-order valence-corrected chi connectivity index (χ2v) is 6.11. The second kappa shape index (κ2) is 8.43. The van der Waals surface area contributed by atoms with Crippen LogP contribution >= 0.6 is 0 Å². The smallest absolute Gasteiger partial charge is 0.223 e. The van der Waals surface area contributed by atoms with Crippen LogP contribution in [0.1, 0.15) is 37.6 Å². The lowest BCUT2D eigenvalue weighted by atomic mass is 10.1. The quantitative estimate of drug-likeness (QED) is 0.608. The molecule has 2 aromatic carbocycles. The summed E-state index contributed by atoms with van der Waals surface area (Å²) in [6.45, 7) is 4.19. The maximum Gasteiger partial charge on any atom is 0.223 e. The van der Waals surface area contributed by atoms with E-state index in [1.165, 1.54) is 12.1 Å². The fraction of sp³-hybridized carbons (Fsp3) is 0.238. The molecule has 3 rings (SSSR count). The number of rotatable bonds is 7. The van der Waals surface area contributed by atoms with E-state index in [1.807, 2.05) is 30.3 Å². The minimum absolute atomic E-state index is 0.0618. The number of hydrogen-bond acceptors (Lipinski definition) is 4. The zero-order valence-corrected chi connectivity index (χ0v) is 14.9. The number of aryl methyl sites for hydroxylation is 1. The van der Waals surface area contributed by atoms with Gasteiger partial charge in [-0.15, -0.1) is 0 Å². The van der Waals surface area contributed by atoms with Crippen molar-refractivity contribution in [1.82, 2.24) is 9.97 Å². The zero-order valence-electron chi connectivity index (χ0n) is 14.9. The first-order valence-electron chi connectivity index (χ1n) is 8.76. The first kappa shape index (κ1) is 17.9. The van der Waals surface area contributed by atoms with Crippen LogP contribution in [0.4, 0.5) is 10.3 Å². The number of benzene rings is 2. The lowest BCUT2D eigenvalue weighted by Gasteiger charge is -2.15. The highest BCUT2D eigenvalue weighted by Gasteiger charge is 2.08. The van der Waals surface area contributed by atoms with Gasteiger partial charge in [-0.3, -0.25) is 0 Å². The van der Waals surface area contributed by atoms with Crippen molar-refractivity contribution < 1.29 is 9.13 Å². The number of aromatic nitrogens is 2. The molecule has 0 aliphatic rings. The summed E-state index contributed by atoms with van der Waals surface area (Å²) < 4.78 is 18.7. The average molecular weight is 351 g/mol. The Morgan fingerprint density at radius 3 is 2.31 bits per heavy atom. The summed E-state index contributed by atoms with van der Waals surface area (Å²) >= 11 is 0. The molecule has 0 amide bonds. The summed E-state index contributed by atoms with van der Waals surface area (Å²) in [5.41, 5.74) is 2.14. The zero-order chi connectivity index (χ0) is 18.4. The number of ether oxygens (including phenoxy) is 1. The molecule has 0 fully saturated rings. The fourth-order valence-corrected chi connectivity index (χ4v) is 2.60.